The van der Waals surface area contributed by atoms with Crippen LogP contribution in [0.3, 0.4) is 0 Å². The highest BCUT2D eigenvalue weighted by molar-refractivity contribution is 7.47. The molecule has 0 rings (SSSR count). The summed E-state index contributed by atoms with van der Waals surface area (Å²) in [4.78, 5) is 73.2. The van der Waals surface area contributed by atoms with Gasteiger partial charge in [0.1, 0.15) is 19.3 Å². The lowest BCUT2D eigenvalue weighted by atomic mass is 10.0. The topological polar surface area (TPSA) is 237 Å². The molecule has 0 saturated carbocycles. The summed E-state index contributed by atoms with van der Waals surface area (Å²) in [6, 6.07) is 0. The number of hydrogen-bond acceptors (Lipinski definition) is 15. The summed E-state index contributed by atoms with van der Waals surface area (Å²) in [6.45, 7) is 5.06. The third-order valence-corrected chi connectivity index (χ3v) is 22.5. The van der Waals surface area contributed by atoms with Gasteiger partial charge >= 0.3 is 39.5 Å². The van der Waals surface area contributed by atoms with Crippen LogP contribution in [0.1, 0.15) is 477 Å². The van der Waals surface area contributed by atoms with Gasteiger partial charge in [0.2, 0.25) is 0 Å². The van der Waals surface area contributed by atoms with Crippen LogP contribution in [0.25, 0.3) is 0 Å². The zero-order valence-electron chi connectivity index (χ0n) is 69.4. The Bertz CT molecular complexity index is 2000. The maximum Gasteiger partial charge on any atom is 0.472 e. The third kappa shape index (κ3) is 80.1. The van der Waals surface area contributed by atoms with Gasteiger partial charge in [-0.3, -0.25) is 37.3 Å². The van der Waals surface area contributed by atoms with E-state index in [0.29, 0.717) is 25.7 Å². The molecule has 17 nitrogen and oxygen atoms in total. The van der Waals surface area contributed by atoms with Gasteiger partial charge in [-0.25, -0.2) is 9.13 Å². The molecule has 0 saturated heterocycles. The molecule has 0 aromatic rings. The Kier molecular flexibility index (Phi) is 79.6. The Morgan fingerprint density at radius 3 is 0.557 bits per heavy atom. The lowest BCUT2D eigenvalue weighted by Gasteiger charge is -2.21. The van der Waals surface area contributed by atoms with E-state index >= 15 is 0 Å². The molecular weight excluding hydrogens is 1380 g/mol. The second-order valence-electron chi connectivity index (χ2n) is 31.3. The van der Waals surface area contributed by atoms with Gasteiger partial charge < -0.3 is 33.8 Å². The van der Waals surface area contributed by atoms with Gasteiger partial charge in [0.15, 0.2) is 12.2 Å². The molecule has 2 unspecified atom stereocenters. The van der Waals surface area contributed by atoms with E-state index in [4.69, 9.17) is 37.0 Å². The SMILES string of the molecule is CCCCCCCCCCCCCCCCCCCCCCCCC(=O)O[C@H](COC(=O)CCCCCCCCCCCCCCCCCCCCCC)COP(=O)(O)OC[C@@H](O)COP(=O)(O)OC[C@@H](COC(=O)CCCCCCCCCCCCCC)OC(=O)CCCCCCCCCCCCCC. The van der Waals surface area contributed by atoms with Crippen LogP contribution in [-0.4, -0.2) is 96.7 Å². The summed E-state index contributed by atoms with van der Waals surface area (Å²) in [6.07, 6.45) is 76.5. The van der Waals surface area contributed by atoms with Crippen molar-refractivity contribution >= 4 is 39.5 Å². The number of esters is 4. The lowest BCUT2D eigenvalue weighted by molar-refractivity contribution is -0.161. The van der Waals surface area contributed by atoms with Crippen LogP contribution >= 0.6 is 15.6 Å². The summed E-state index contributed by atoms with van der Waals surface area (Å²) in [5.41, 5.74) is 0. The minimum atomic E-state index is -4.97. The third-order valence-electron chi connectivity index (χ3n) is 20.6. The first-order chi connectivity index (χ1) is 51.7. The fourth-order valence-corrected chi connectivity index (χ4v) is 15.3. The number of hydrogen-bond donors (Lipinski definition) is 3. The summed E-state index contributed by atoms with van der Waals surface area (Å²) >= 11 is 0. The first-order valence-electron chi connectivity index (χ1n) is 45.3. The number of unbranched alkanes of at least 4 members (excludes halogenated alkanes) is 62. The summed E-state index contributed by atoms with van der Waals surface area (Å²) < 4.78 is 68.9. The largest absolute Gasteiger partial charge is 0.472 e. The molecule has 0 aliphatic carbocycles. The van der Waals surface area contributed by atoms with Crippen molar-refractivity contribution in [2.45, 2.75) is 495 Å². The van der Waals surface area contributed by atoms with Crippen molar-refractivity contribution in [3.05, 3.63) is 0 Å². The molecule has 0 aliphatic heterocycles. The van der Waals surface area contributed by atoms with Crippen LogP contribution in [0.5, 0.6) is 0 Å². The molecule has 19 heteroatoms. The van der Waals surface area contributed by atoms with Crippen molar-refractivity contribution in [3.8, 4) is 0 Å². The van der Waals surface area contributed by atoms with Crippen LogP contribution in [0.4, 0.5) is 0 Å². The zero-order chi connectivity index (χ0) is 77.4. The second kappa shape index (κ2) is 81.1. The fraction of sp³-hybridized carbons (Fsp3) is 0.954. The van der Waals surface area contributed by atoms with E-state index < -0.39 is 97.5 Å². The summed E-state index contributed by atoms with van der Waals surface area (Å²) in [7, 11) is -9.92. The van der Waals surface area contributed by atoms with Crippen LogP contribution < -0.4 is 0 Å². The van der Waals surface area contributed by atoms with Gasteiger partial charge in [-0.15, -0.1) is 0 Å². The number of carbonyl (C=O) groups excluding carboxylic acids is 4. The van der Waals surface area contributed by atoms with Gasteiger partial charge in [0.25, 0.3) is 0 Å². The highest BCUT2D eigenvalue weighted by atomic mass is 31.2. The molecule has 3 N–H and O–H groups in total. The quantitative estimate of drug-likeness (QED) is 0.0222. The Hall–Kier alpha value is -1.94. The molecule has 106 heavy (non-hydrogen) atoms. The van der Waals surface area contributed by atoms with Gasteiger partial charge in [0.05, 0.1) is 26.4 Å². The van der Waals surface area contributed by atoms with E-state index in [2.05, 4.69) is 27.7 Å². The second-order valence-corrected chi connectivity index (χ2v) is 34.2. The predicted octanol–water partition coefficient (Wildman–Crippen LogP) is 26.9. The van der Waals surface area contributed by atoms with Gasteiger partial charge in [-0.2, -0.15) is 0 Å². The maximum absolute atomic E-state index is 13.2. The predicted molar refractivity (Wildman–Crippen MR) is 437 cm³/mol. The molecule has 0 aromatic heterocycles. The summed E-state index contributed by atoms with van der Waals surface area (Å²) in [5.74, 6) is -2.10. The first-order valence-corrected chi connectivity index (χ1v) is 48.3. The molecule has 0 aliphatic rings. The van der Waals surface area contributed by atoms with E-state index in [1.165, 1.54) is 308 Å². The average Bonchev–Trinajstić information content (AvgIpc) is 0.891. The van der Waals surface area contributed by atoms with Crippen LogP contribution in [0.15, 0.2) is 0 Å². The number of aliphatic hydroxyl groups is 1. The number of rotatable bonds is 88. The summed E-state index contributed by atoms with van der Waals surface area (Å²) in [5, 5.41) is 10.7. The van der Waals surface area contributed by atoms with Crippen molar-refractivity contribution in [1.82, 2.24) is 0 Å². The molecule has 0 spiro atoms. The normalized spacial score (nSPS) is 13.7. The highest BCUT2D eigenvalue weighted by Crippen LogP contribution is 2.45. The van der Waals surface area contributed by atoms with Crippen LogP contribution in [0.2, 0.25) is 0 Å². The molecule has 0 amide bonds. The van der Waals surface area contributed by atoms with E-state index in [1.54, 1.807) is 0 Å². The minimum absolute atomic E-state index is 0.108. The smallest absolute Gasteiger partial charge is 0.462 e. The number of carbonyl (C=O) groups is 4. The van der Waals surface area contributed by atoms with E-state index in [1.807, 2.05) is 0 Å². The zero-order valence-corrected chi connectivity index (χ0v) is 71.2. The van der Waals surface area contributed by atoms with Crippen molar-refractivity contribution in [3.63, 3.8) is 0 Å². The Balaban J connectivity index is 5.21. The molecule has 5 atom stereocenters. The Morgan fingerprint density at radius 1 is 0.226 bits per heavy atom. The van der Waals surface area contributed by atoms with Gasteiger partial charge in [-0.05, 0) is 25.7 Å². The first kappa shape index (κ1) is 104. The molecule has 0 fully saturated rings. The van der Waals surface area contributed by atoms with E-state index in [9.17, 15) is 43.2 Å². The van der Waals surface area contributed by atoms with Gasteiger partial charge in [-0.1, -0.05) is 426 Å². The molecule has 630 valence electrons. The highest BCUT2D eigenvalue weighted by Gasteiger charge is 2.30. The fourth-order valence-electron chi connectivity index (χ4n) is 13.7. The van der Waals surface area contributed by atoms with Crippen molar-refractivity contribution in [1.29, 1.82) is 0 Å². The molecule has 0 aromatic carbocycles. The minimum Gasteiger partial charge on any atom is -0.462 e. The van der Waals surface area contributed by atoms with Crippen molar-refractivity contribution in [2.24, 2.45) is 0 Å². The molecule has 0 heterocycles. The number of ether oxygens (including phenoxy) is 4. The van der Waals surface area contributed by atoms with Crippen molar-refractivity contribution in [2.75, 3.05) is 39.6 Å². The van der Waals surface area contributed by atoms with Gasteiger partial charge in [0, 0.05) is 25.7 Å². The maximum atomic E-state index is 13.2. The van der Waals surface area contributed by atoms with E-state index in [0.717, 1.165) is 89.9 Å². The van der Waals surface area contributed by atoms with Crippen LogP contribution in [-0.2, 0) is 65.4 Å². The monoisotopic (exact) mass is 1550 g/mol. The standard InChI is InChI=1S/C87H170O17P2/c1-5-9-13-17-21-25-29-33-35-37-39-41-42-44-46-48-50-54-58-62-66-70-74-87(92)104-83(78-98-85(90)72-68-64-60-56-53-49-47-45-43-40-38-36-34-30-26-22-18-14-10-6-2)80-102-106(95,96)100-76-81(88)75-99-105(93,94)101-79-82(103-86(91)73-69-65-61-57-52-32-28-24-20-16-12-8-4)77-97-84(89)71-67-63-59-55-51-31-27-23-19-15-11-7-3/h81-83,88H,5-80H2,1-4H3,(H,93,94)(H,95,96)/t81-,82+,83+/m0/s1. The number of phosphoric ester groups is 2. The molecular formula is C87H170O17P2. The lowest BCUT2D eigenvalue weighted by Crippen LogP contribution is -2.30. The number of phosphoric acid groups is 2. The van der Waals surface area contributed by atoms with E-state index in [-0.39, 0.29) is 25.7 Å². The van der Waals surface area contributed by atoms with Crippen LogP contribution in [0, 0.1) is 0 Å². The number of aliphatic hydroxyl groups excluding tert-OH is 1. The Morgan fingerprint density at radius 2 is 0.377 bits per heavy atom. The molecule has 0 radical (unpaired) electrons. The Labute approximate surface area is 651 Å². The van der Waals surface area contributed by atoms with Crippen molar-refractivity contribution < 1.29 is 80.2 Å². The average molecular weight is 1550 g/mol. The molecule has 0 bridgehead atoms.